The number of anilines is 2. The summed E-state index contributed by atoms with van der Waals surface area (Å²) < 4.78 is 5.60. The van der Waals surface area contributed by atoms with E-state index in [2.05, 4.69) is 5.32 Å². The number of rotatable bonds is 5. The molecule has 2 unspecified atom stereocenters. The quantitative estimate of drug-likeness (QED) is 0.819. The number of likely N-dealkylation sites (N-methyl/N-ethyl adjacent to an activating group) is 1. The van der Waals surface area contributed by atoms with E-state index >= 15 is 0 Å². The van der Waals surface area contributed by atoms with Gasteiger partial charge in [0.15, 0.2) is 0 Å². The van der Waals surface area contributed by atoms with Gasteiger partial charge >= 0.3 is 0 Å². The van der Waals surface area contributed by atoms with Crippen LogP contribution in [0.2, 0.25) is 5.02 Å². The van der Waals surface area contributed by atoms with Crippen molar-refractivity contribution in [2.75, 3.05) is 31.2 Å². The minimum atomic E-state index is -0.261. The number of ether oxygens (including phenoxy) is 1. The van der Waals surface area contributed by atoms with Crippen LogP contribution in [0.4, 0.5) is 11.4 Å². The number of carbonyl (C=O) groups excluding carboxylic acids is 1. The molecule has 0 saturated carbocycles. The molecule has 1 amide bonds. The molecular formula is C15H22ClN3O2. The molecule has 1 aromatic carbocycles. The number of benzene rings is 1. The summed E-state index contributed by atoms with van der Waals surface area (Å²) in [5, 5.41) is 3.28. The fraction of sp³-hybridized carbons (Fsp3) is 0.533. The maximum atomic E-state index is 12.3. The zero-order chi connectivity index (χ0) is 15.4. The lowest BCUT2D eigenvalue weighted by Gasteiger charge is -2.26. The predicted molar refractivity (Wildman–Crippen MR) is 85.6 cm³/mol. The lowest BCUT2D eigenvalue weighted by atomic mass is 10.2. The number of amides is 1. The highest BCUT2D eigenvalue weighted by Crippen LogP contribution is 2.24. The Labute approximate surface area is 130 Å². The van der Waals surface area contributed by atoms with Gasteiger partial charge in [-0.2, -0.15) is 0 Å². The molecule has 5 nitrogen and oxygen atoms in total. The largest absolute Gasteiger partial charge is 0.399 e. The highest BCUT2D eigenvalue weighted by molar-refractivity contribution is 6.34. The van der Waals surface area contributed by atoms with Crippen LogP contribution < -0.4 is 11.1 Å². The summed E-state index contributed by atoms with van der Waals surface area (Å²) in [6.07, 6.45) is 2.38. The van der Waals surface area contributed by atoms with Gasteiger partial charge < -0.3 is 15.8 Å². The zero-order valence-corrected chi connectivity index (χ0v) is 13.2. The Morgan fingerprint density at radius 2 is 2.38 bits per heavy atom. The van der Waals surface area contributed by atoms with Crippen LogP contribution >= 0.6 is 11.6 Å². The molecule has 1 aliphatic rings. The van der Waals surface area contributed by atoms with E-state index in [1.165, 1.54) is 0 Å². The molecule has 3 N–H and O–H groups in total. The number of hydrogen-bond donors (Lipinski definition) is 2. The predicted octanol–water partition coefficient (Wildman–Crippen LogP) is 2.36. The molecule has 116 valence electrons. The van der Waals surface area contributed by atoms with Crippen molar-refractivity contribution >= 4 is 28.9 Å². The van der Waals surface area contributed by atoms with Crippen molar-refractivity contribution in [3.8, 4) is 0 Å². The molecule has 1 aliphatic heterocycles. The summed E-state index contributed by atoms with van der Waals surface area (Å²) in [4.78, 5) is 14.3. The first-order chi connectivity index (χ1) is 9.97. The van der Waals surface area contributed by atoms with E-state index in [0.717, 1.165) is 26.0 Å². The van der Waals surface area contributed by atoms with Crippen molar-refractivity contribution in [3.05, 3.63) is 23.2 Å². The van der Waals surface area contributed by atoms with E-state index in [4.69, 9.17) is 22.1 Å². The van der Waals surface area contributed by atoms with Crippen molar-refractivity contribution in [3.63, 3.8) is 0 Å². The van der Waals surface area contributed by atoms with Crippen LogP contribution in [-0.4, -0.2) is 43.2 Å². The number of carbonyl (C=O) groups is 1. The van der Waals surface area contributed by atoms with Crippen LogP contribution in [-0.2, 0) is 9.53 Å². The van der Waals surface area contributed by atoms with E-state index in [9.17, 15) is 4.79 Å². The standard InChI is InChI=1S/C15H22ClN3O2/c1-10(19(2)9-12-4-3-7-21-12)15(20)18-14-6-5-11(17)8-13(14)16/h5-6,8,10,12H,3-4,7,9,17H2,1-2H3,(H,18,20). The van der Waals surface area contributed by atoms with Gasteiger partial charge in [-0.15, -0.1) is 0 Å². The first kappa shape index (κ1) is 16.1. The van der Waals surface area contributed by atoms with Gasteiger partial charge in [-0.25, -0.2) is 0 Å². The molecule has 1 saturated heterocycles. The molecule has 0 spiro atoms. The summed E-state index contributed by atoms with van der Waals surface area (Å²) in [6.45, 7) is 3.44. The van der Waals surface area contributed by atoms with Crippen LogP contribution in [0.3, 0.4) is 0 Å². The highest BCUT2D eigenvalue weighted by atomic mass is 35.5. The Bertz CT molecular complexity index is 504. The number of nitrogens with two attached hydrogens (primary N) is 1. The second-order valence-electron chi connectivity index (χ2n) is 5.48. The van der Waals surface area contributed by atoms with Gasteiger partial charge in [-0.3, -0.25) is 9.69 Å². The van der Waals surface area contributed by atoms with Crippen LogP contribution in [0.5, 0.6) is 0 Å². The second kappa shape index (κ2) is 7.11. The van der Waals surface area contributed by atoms with Gasteiger partial charge in [0.25, 0.3) is 0 Å². The summed E-state index contributed by atoms with van der Waals surface area (Å²) in [5.74, 6) is -0.0952. The van der Waals surface area contributed by atoms with Crippen LogP contribution in [0.1, 0.15) is 19.8 Å². The van der Waals surface area contributed by atoms with Gasteiger partial charge in [0, 0.05) is 18.8 Å². The Kier molecular flexibility index (Phi) is 5.45. The van der Waals surface area contributed by atoms with Crippen molar-refractivity contribution in [2.24, 2.45) is 0 Å². The Hall–Kier alpha value is -1.30. The lowest BCUT2D eigenvalue weighted by Crippen LogP contribution is -2.43. The first-order valence-electron chi connectivity index (χ1n) is 7.15. The van der Waals surface area contributed by atoms with Gasteiger partial charge in [0.05, 0.1) is 22.9 Å². The maximum Gasteiger partial charge on any atom is 0.241 e. The Balaban J connectivity index is 1.91. The third-order valence-electron chi connectivity index (χ3n) is 3.81. The molecule has 1 fully saturated rings. The van der Waals surface area contributed by atoms with Crippen molar-refractivity contribution < 1.29 is 9.53 Å². The monoisotopic (exact) mass is 311 g/mol. The normalized spacial score (nSPS) is 19.7. The van der Waals surface area contributed by atoms with E-state index in [0.29, 0.717) is 16.4 Å². The van der Waals surface area contributed by atoms with Crippen molar-refractivity contribution in [2.45, 2.75) is 31.9 Å². The van der Waals surface area contributed by atoms with E-state index in [-0.39, 0.29) is 18.1 Å². The SMILES string of the molecule is CC(C(=O)Nc1ccc(N)cc1Cl)N(C)CC1CCCO1. The fourth-order valence-electron chi connectivity index (χ4n) is 2.34. The fourth-order valence-corrected chi connectivity index (χ4v) is 2.57. The lowest BCUT2D eigenvalue weighted by molar-refractivity contribution is -0.120. The molecule has 6 heteroatoms. The van der Waals surface area contributed by atoms with Crippen molar-refractivity contribution in [1.82, 2.24) is 4.90 Å². The van der Waals surface area contributed by atoms with Gasteiger partial charge in [-0.05, 0) is 45.0 Å². The number of nitrogens with one attached hydrogen (secondary N) is 1. The van der Waals surface area contributed by atoms with Gasteiger partial charge in [-0.1, -0.05) is 11.6 Å². The number of hydrogen-bond acceptors (Lipinski definition) is 4. The average Bonchev–Trinajstić information content (AvgIpc) is 2.93. The topological polar surface area (TPSA) is 67.6 Å². The average molecular weight is 312 g/mol. The summed E-state index contributed by atoms with van der Waals surface area (Å²) in [5.41, 5.74) is 6.79. The smallest absolute Gasteiger partial charge is 0.241 e. The molecule has 1 heterocycles. The van der Waals surface area contributed by atoms with Gasteiger partial charge in [0.2, 0.25) is 5.91 Å². The third-order valence-corrected chi connectivity index (χ3v) is 4.12. The number of nitrogen functional groups attached to an aromatic ring is 1. The van der Waals surface area contributed by atoms with E-state index < -0.39 is 0 Å². The molecule has 2 atom stereocenters. The minimum Gasteiger partial charge on any atom is -0.399 e. The summed E-state index contributed by atoms with van der Waals surface area (Å²) in [7, 11) is 1.93. The highest BCUT2D eigenvalue weighted by Gasteiger charge is 2.24. The second-order valence-corrected chi connectivity index (χ2v) is 5.89. The molecular weight excluding hydrogens is 290 g/mol. The molecule has 21 heavy (non-hydrogen) atoms. The maximum absolute atomic E-state index is 12.3. The Morgan fingerprint density at radius 3 is 3.00 bits per heavy atom. The minimum absolute atomic E-state index is 0.0952. The Morgan fingerprint density at radius 1 is 1.62 bits per heavy atom. The summed E-state index contributed by atoms with van der Waals surface area (Å²) in [6, 6.07) is 4.78. The molecule has 0 aromatic heterocycles. The molecule has 2 rings (SSSR count). The van der Waals surface area contributed by atoms with E-state index in [1.807, 2.05) is 18.9 Å². The molecule has 0 radical (unpaired) electrons. The molecule has 1 aromatic rings. The summed E-state index contributed by atoms with van der Waals surface area (Å²) >= 11 is 6.07. The van der Waals surface area contributed by atoms with Crippen LogP contribution in [0, 0.1) is 0 Å². The first-order valence-corrected chi connectivity index (χ1v) is 7.53. The van der Waals surface area contributed by atoms with Crippen molar-refractivity contribution in [1.29, 1.82) is 0 Å². The zero-order valence-electron chi connectivity index (χ0n) is 12.4. The number of nitrogens with zero attached hydrogens (tertiary/aromatic N) is 1. The van der Waals surface area contributed by atoms with Gasteiger partial charge in [0.1, 0.15) is 0 Å². The van der Waals surface area contributed by atoms with Crippen LogP contribution in [0.15, 0.2) is 18.2 Å². The third kappa shape index (κ3) is 4.33. The molecule has 0 bridgehead atoms. The molecule has 0 aliphatic carbocycles. The van der Waals surface area contributed by atoms with Crippen LogP contribution in [0.25, 0.3) is 0 Å². The number of halogens is 1. The van der Waals surface area contributed by atoms with E-state index in [1.54, 1.807) is 18.2 Å².